The van der Waals surface area contributed by atoms with E-state index in [1.54, 1.807) is 28.9 Å². The molecule has 6 aromatic rings. The molecule has 7 heterocycles. The van der Waals surface area contributed by atoms with Gasteiger partial charge in [0, 0.05) is 90.3 Å². The number of allylic oxidation sites excluding steroid dienone is 4. The molecule has 81 heavy (non-hydrogen) atoms. The molecule has 2 amide bonds. The fourth-order valence-corrected chi connectivity index (χ4v) is 11.7. The molecule has 0 radical (unpaired) electrons. The number of anilines is 1. The molecule has 11 rings (SSSR count). The minimum absolute atomic E-state index is 0.0992. The van der Waals surface area contributed by atoms with Crippen LogP contribution in [-0.4, -0.2) is 127 Å². The molecule has 5 aliphatic rings. The highest BCUT2D eigenvalue weighted by Crippen LogP contribution is 2.49. The smallest absolute Gasteiger partial charge is 0.319 e. The number of halogens is 1. The summed E-state index contributed by atoms with van der Waals surface area (Å²) in [6.07, 6.45) is 15.9. The van der Waals surface area contributed by atoms with Gasteiger partial charge in [0.25, 0.3) is 0 Å². The van der Waals surface area contributed by atoms with Gasteiger partial charge >= 0.3 is 6.01 Å². The minimum Gasteiger partial charge on any atom is -0.486 e. The Morgan fingerprint density at radius 1 is 1.05 bits per heavy atom. The summed E-state index contributed by atoms with van der Waals surface area (Å²) in [6.45, 7) is 10.5. The van der Waals surface area contributed by atoms with Crippen LogP contribution in [0.15, 0.2) is 103 Å². The number of carbonyl (C=O) groups is 2. The monoisotopic (exact) mass is 1100 g/mol. The van der Waals surface area contributed by atoms with Crippen LogP contribution in [0.25, 0.3) is 39.5 Å². The van der Waals surface area contributed by atoms with Gasteiger partial charge in [0.05, 0.1) is 37.8 Å². The number of hydrogen-bond acceptors (Lipinski definition) is 16. The first kappa shape index (κ1) is 55.0. The number of hydrogen-bond donors (Lipinski definition) is 5. The van der Waals surface area contributed by atoms with Crippen LogP contribution < -0.4 is 30.7 Å². The highest BCUT2D eigenvalue weighted by molar-refractivity contribution is 6.00. The van der Waals surface area contributed by atoms with Crippen LogP contribution >= 0.6 is 0 Å². The van der Waals surface area contributed by atoms with Crippen molar-refractivity contribution in [3.8, 4) is 34.3 Å². The fraction of sp³-hybridized carbons (Fsp3) is 0.426. The van der Waals surface area contributed by atoms with Crippen molar-refractivity contribution >= 4 is 40.8 Å². The zero-order chi connectivity index (χ0) is 56.3. The average molecular weight is 1100 g/mol. The Hall–Kier alpha value is -7.94. The number of nitrogens with two attached hydrogens (primary N) is 1. The Morgan fingerprint density at radius 2 is 1.83 bits per heavy atom. The Morgan fingerprint density at radius 3 is 2.51 bits per heavy atom. The van der Waals surface area contributed by atoms with Gasteiger partial charge in [-0.25, -0.2) is 19.0 Å². The van der Waals surface area contributed by atoms with E-state index in [0.29, 0.717) is 79.6 Å². The Kier molecular flexibility index (Phi) is 16.3. The maximum atomic E-state index is 14.7. The molecule has 19 nitrogen and oxygen atoms in total. The van der Waals surface area contributed by atoms with Crippen LogP contribution in [-0.2, 0) is 20.9 Å². The molecular formula is C61H70FN13O6. The highest BCUT2D eigenvalue weighted by Gasteiger charge is 2.42. The fourth-order valence-electron chi connectivity index (χ4n) is 11.7. The van der Waals surface area contributed by atoms with E-state index < -0.39 is 24.0 Å². The van der Waals surface area contributed by atoms with Gasteiger partial charge in [-0.15, -0.1) is 5.10 Å². The van der Waals surface area contributed by atoms with Crippen molar-refractivity contribution in [2.45, 2.75) is 121 Å². The SMILES string of the molecule is C/C=C(F)/C=C(N)\C(C=N)=C\c1c(C2CC2)cc2c(N3CC4CC3CN4)nc(OC3CCOCC3)nc2c1OCc1ccc(-c2cn(C(C(=O)N3CCCC3C(=O)NC(CO)c3ccc(-c4ncncc4C)cc3)C(C)C)nn2)cc1. The Balaban J connectivity index is 0.852. The molecule has 3 aromatic carbocycles. The summed E-state index contributed by atoms with van der Waals surface area (Å²) in [5.74, 6) is 0.220. The van der Waals surface area contributed by atoms with Gasteiger partial charge in [0.15, 0.2) is 5.75 Å². The second-order valence-electron chi connectivity index (χ2n) is 22.2. The van der Waals surface area contributed by atoms with Crippen molar-refractivity contribution in [3.63, 3.8) is 0 Å². The molecule has 1 saturated carbocycles. The Labute approximate surface area is 470 Å². The van der Waals surface area contributed by atoms with Crippen molar-refractivity contribution in [2.24, 2.45) is 11.7 Å². The lowest BCUT2D eigenvalue weighted by Crippen LogP contribution is -2.50. The number of aromatic nitrogens is 7. The van der Waals surface area contributed by atoms with Crippen LogP contribution in [0.4, 0.5) is 10.2 Å². The number of likely N-dealkylation sites (tertiary alicyclic amines) is 1. The van der Waals surface area contributed by atoms with E-state index in [1.165, 1.54) is 18.5 Å². The third kappa shape index (κ3) is 11.8. The van der Waals surface area contributed by atoms with Crippen molar-refractivity contribution in [1.29, 1.82) is 5.41 Å². The van der Waals surface area contributed by atoms with Gasteiger partial charge in [0.1, 0.15) is 54.0 Å². The van der Waals surface area contributed by atoms with Crippen LogP contribution in [0.1, 0.15) is 112 Å². The standard InChI is InChI=1S/C61H70FN13O6/c1-5-43(62)24-50(64)42(27-63)23-48-47(38-12-13-38)26-49-55(69-61(81-46-18-21-79-22-19-46)70-58(49)74-30-44-25-45(74)29-66-44)57(48)80-33-37-8-10-39(11-9-37)51-31-75(72-71-51)56(35(2)3)60(78)73-20-6-7-53(73)59(77)68-52(32-76)40-14-16-41(17-15-40)54-36(4)28-65-34-67-54/h5,8-11,14-17,23-24,26-28,31,34-35,38,44-46,52-53,56,63,66,76H,6-7,12-13,18-22,25,29-30,32-33,64H2,1-4H3,(H,68,77)/b42-23+,43-5-,50-24+,63-27?. The molecule has 5 fully saturated rings. The molecule has 4 saturated heterocycles. The number of nitrogens with zero attached hydrogens (tertiary/aromatic N) is 9. The normalized spacial score (nSPS) is 20.5. The number of rotatable bonds is 20. The largest absolute Gasteiger partial charge is 0.486 e. The number of aliphatic hydroxyl groups is 1. The first-order valence-electron chi connectivity index (χ1n) is 28.2. The highest BCUT2D eigenvalue weighted by atomic mass is 19.1. The molecule has 0 spiro atoms. The number of nitrogens with one attached hydrogen (secondary N) is 3. The lowest BCUT2D eigenvalue weighted by atomic mass is 9.96. The maximum Gasteiger partial charge on any atom is 0.319 e. The van der Waals surface area contributed by atoms with Gasteiger partial charge in [-0.2, -0.15) is 9.97 Å². The number of amides is 2. The predicted molar refractivity (Wildman–Crippen MR) is 306 cm³/mol. The van der Waals surface area contributed by atoms with E-state index in [9.17, 15) is 19.1 Å². The third-order valence-electron chi connectivity index (χ3n) is 16.3. The quantitative estimate of drug-likeness (QED) is 0.0359. The number of piperazine rings is 1. The average Bonchev–Trinajstić information content (AvgIpc) is 4.13. The second kappa shape index (κ2) is 24.0. The molecule has 2 bridgehead atoms. The predicted octanol–water partition coefficient (Wildman–Crippen LogP) is 8.01. The van der Waals surface area contributed by atoms with E-state index in [0.717, 1.165) is 88.8 Å². The summed E-state index contributed by atoms with van der Waals surface area (Å²) in [4.78, 5) is 51.4. The number of benzene rings is 3. The van der Waals surface area contributed by atoms with Gasteiger partial charge in [0.2, 0.25) is 11.8 Å². The van der Waals surface area contributed by atoms with E-state index in [1.807, 2.05) is 75.4 Å². The van der Waals surface area contributed by atoms with Crippen LogP contribution in [0, 0.1) is 18.3 Å². The number of aliphatic hydroxyl groups excluding tert-OH is 1. The van der Waals surface area contributed by atoms with Gasteiger partial charge in [-0.3, -0.25) is 9.59 Å². The lowest BCUT2D eigenvalue weighted by Gasteiger charge is -2.30. The Bertz CT molecular complexity index is 3390. The molecule has 1 aliphatic carbocycles. The zero-order valence-electron chi connectivity index (χ0n) is 46.2. The first-order valence-corrected chi connectivity index (χ1v) is 28.2. The van der Waals surface area contributed by atoms with Crippen molar-refractivity contribution < 1.29 is 33.3 Å². The second-order valence-corrected chi connectivity index (χ2v) is 22.2. The lowest BCUT2D eigenvalue weighted by molar-refractivity contribution is -0.142. The van der Waals surface area contributed by atoms with Crippen molar-refractivity contribution in [2.75, 3.05) is 44.4 Å². The van der Waals surface area contributed by atoms with Gasteiger partial charge in [-0.1, -0.05) is 73.7 Å². The summed E-state index contributed by atoms with van der Waals surface area (Å²) >= 11 is 0. The summed E-state index contributed by atoms with van der Waals surface area (Å²) < 4.78 is 35.5. The van der Waals surface area contributed by atoms with Crippen molar-refractivity contribution in [1.82, 2.24) is 50.5 Å². The summed E-state index contributed by atoms with van der Waals surface area (Å²) in [7, 11) is 0. The van der Waals surface area contributed by atoms with Crippen molar-refractivity contribution in [3.05, 3.63) is 130 Å². The number of aryl methyl sites for hydroxylation is 1. The van der Waals surface area contributed by atoms with E-state index in [4.69, 9.17) is 35.3 Å². The number of fused-ring (bicyclic) bond motifs is 3. The summed E-state index contributed by atoms with van der Waals surface area (Å²) in [5.41, 5.74) is 14.7. The molecule has 20 heteroatoms. The van der Waals surface area contributed by atoms with E-state index in [-0.39, 0.29) is 60.7 Å². The van der Waals surface area contributed by atoms with E-state index >= 15 is 0 Å². The molecule has 4 aliphatic heterocycles. The summed E-state index contributed by atoms with van der Waals surface area (Å²) in [6, 6.07) is 16.2. The molecule has 5 unspecified atom stereocenters. The zero-order valence-corrected chi connectivity index (χ0v) is 46.2. The van der Waals surface area contributed by atoms with Crippen LogP contribution in [0.3, 0.4) is 0 Å². The maximum absolute atomic E-state index is 14.7. The molecule has 6 N–H and O–H groups in total. The molecule has 3 aromatic heterocycles. The summed E-state index contributed by atoms with van der Waals surface area (Å²) in [5, 5.41) is 35.4. The number of ether oxygens (including phenoxy) is 3. The number of carbonyl (C=O) groups excluding carboxylic acids is 2. The van der Waals surface area contributed by atoms with Crippen LogP contribution in [0.2, 0.25) is 0 Å². The topological polar surface area (TPSA) is 245 Å². The van der Waals surface area contributed by atoms with Gasteiger partial charge in [-0.05, 0) is 98.3 Å². The molecule has 422 valence electrons. The first-order chi connectivity index (χ1) is 39.4. The third-order valence-corrected chi connectivity index (χ3v) is 16.3. The van der Waals surface area contributed by atoms with Gasteiger partial charge < -0.3 is 50.9 Å². The minimum atomic E-state index is -0.742. The van der Waals surface area contributed by atoms with Crippen LogP contribution in [0.5, 0.6) is 11.8 Å². The van der Waals surface area contributed by atoms with E-state index in [2.05, 4.69) is 41.9 Å². The molecular weight excluding hydrogens is 1030 g/mol. The molecule has 5 atom stereocenters.